The van der Waals surface area contributed by atoms with Gasteiger partial charge in [0.1, 0.15) is 0 Å². The summed E-state index contributed by atoms with van der Waals surface area (Å²) in [5.41, 5.74) is 2.91. The van der Waals surface area contributed by atoms with Gasteiger partial charge < -0.3 is 14.2 Å². The summed E-state index contributed by atoms with van der Waals surface area (Å²) in [7, 11) is 1.69. The minimum Gasteiger partial charge on any atom is -0.385 e. The average Bonchev–Trinajstić information content (AvgIpc) is 3.24. The molecule has 1 aromatic heterocycles. The van der Waals surface area contributed by atoms with E-state index in [4.69, 9.17) is 16.3 Å². The molecule has 0 unspecified atom stereocenters. The fourth-order valence-corrected chi connectivity index (χ4v) is 4.14. The quantitative estimate of drug-likeness (QED) is 0.294. The van der Waals surface area contributed by atoms with Crippen molar-refractivity contribution < 1.29 is 9.53 Å². The van der Waals surface area contributed by atoms with E-state index >= 15 is 0 Å². The van der Waals surface area contributed by atoms with Crippen molar-refractivity contribution in [2.75, 3.05) is 20.3 Å². The number of hydrogen-bond acceptors (Lipinski definition) is 2. The first-order chi connectivity index (χ1) is 15.6. The standard InChI is InChI=1S/C27H27ClN2O2/c1-32-16-6-15-30(27(31)24-13-12-22-8-2-3-9-23(22)18-24)20-26-11-5-14-29(26)19-21-7-4-10-25(28)17-21/h2-5,7-14,17-18H,6,15-16,19-20H2,1H3. The van der Waals surface area contributed by atoms with Gasteiger partial charge in [-0.15, -0.1) is 0 Å². The van der Waals surface area contributed by atoms with Crippen molar-refractivity contribution in [3.63, 3.8) is 0 Å². The monoisotopic (exact) mass is 446 g/mol. The van der Waals surface area contributed by atoms with Gasteiger partial charge in [-0.05, 0) is 59.2 Å². The molecule has 0 spiro atoms. The average molecular weight is 447 g/mol. The molecule has 0 radical (unpaired) electrons. The number of ether oxygens (including phenoxy) is 1. The maximum atomic E-state index is 13.5. The Morgan fingerprint density at radius 2 is 1.81 bits per heavy atom. The van der Waals surface area contributed by atoms with Gasteiger partial charge in [-0.3, -0.25) is 4.79 Å². The van der Waals surface area contributed by atoms with Crippen LogP contribution < -0.4 is 0 Å². The number of methoxy groups -OCH3 is 1. The molecule has 0 aliphatic rings. The van der Waals surface area contributed by atoms with Gasteiger partial charge in [0.25, 0.3) is 5.91 Å². The second-order valence-corrected chi connectivity index (χ2v) is 8.33. The Balaban J connectivity index is 1.56. The van der Waals surface area contributed by atoms with Crippen molar-refractivity contribution in [1.29, 1.82) is 0 Å². The van der Waals surface area contributed by atoms with Crippen LogP contribution in [0, 0.1) is 0 Å². The van der Waals surface area contributed by atoms with Crippen molar-refractivity contribution in [1.82, 2.24) is 9.47 Å². The highest BCUT2D eigenvalue weighted by molar-refractivity contribution is 6.30. The van der Waals surface area contributed by atoms with E-state index in [1.54, 1.807) is 7.11 Å². The highest BCUT2D eigenvalue weighted by Gasteiger charge is 2.18. The fourth-order valence-electron chi connectivity index (χ4n) is 3.93. The molecule has 0 N–H and O–H groups in total. The first-order valence-electron chi connectivity index (χ1n) is 10.8. The van der Waals surface area contributed by atoms with Gasteiger partial charge in [-0.1, -0.05) is 54.1 Å². The number of aromatic nitrogens is 1. The Labute approximate surface area is 194 Å². The summed E-state index contributed by atoms with van der Waals surface area (Å²) in [6.07, 6.45) is 2.83. The van der Waals surface area contributed by atoms with Crippen LogP contribution in [0.4, 0.5) is 0 Å². The zero-order chi connectivity index (χ0) is 22.3. The van der Waals surface area contributed by atoms with Crippen LogP contribution in [0.25, 0.3) is 10.8 Å². The minimum absolute atomic E-state index is 0.0300. The Bertz CT molecular complexity index is 1200. The second-order valence-electron chi connectivity index (χ2n) is 7.89. The third-order valence-corrected chi connectivity index (χ3v) is 5.81. The lowest BCUT2D eigenvalue weighted by molar-refractivity contribution is 0.0720. The van der Waals surface area contributed by atoms with Crippen LogP contribution in [0.1, 0.15) is 28.0 Å². The summed E-state index contributed by atoms with van der Waals surface area (Å²) in [6.45, 7) is 2.48. The molecule has 0 saturated carbocycles. The molecule has 4 rings (SSSR count). The number of fused-ring (bicyclic) bond motifs is 1. The van der Waals surface area contributed by atoms with Crippen LogP contribution in [-0.2, 0) is 17.8 Å². The lowest BCUT2D eigenvalue weighted by Crippen LogP contribution is -2.33. The van der Waals surface area contributed by atoms with E-state index in [1.165, 1.54) is 0 Å². The van der Waals surface area contributed by atoms with Gasteiger partial charge >= 0.3 is 0 Å². The molecular formula is C27H27ClN2O2. The van der Waals surface area contributed by atoms with E-state index in [1.807, 2.05) is 71.8 Å². The van der Waals surface area contributed by atoms with Crippen molar-refractivity contribution in [3.8, 4) is 0 Å². The third-order valence-electron chi connectivity index (χ3n) is 5.58. The van der Waals surface area contributed by atoms with Crippen LogP contribution in [0.5, 0.6) is 0 Å². The predicted octanol–water partition coefficient (Wildman–Crippen LogP) is 6.02. The SMILES string of the molecule is COCCCN(Cc1cccn1Cc1cccc(Cl)c1)C(=O)c1ccc2ccccc2c1. The summed E-state index contributed by atoms with van der Waals surface area (Å²) in [4.78, 5) is 15.4. The van der Waals surface area contributed by atoms with E-state index in [-0.39, 0.29) is 5.91 Å². The highest BCUT2D eigenvalue weighted by Crippen LogP contribution is 2.19. The number of rotatable bonds is 9. The smallest absolute Gasteiger partial charge is 0.254 e. The summed E-state index contributed by atoms with van der Waals surface area (Å²) in [5, 5.41) is 2.92. The zero-order valence-electron chi connectivity index (χ0n) is 18.2. The zero-order valence-corrected chi connectivity index (χ0v) is 19.0. The Hall–Kier alpha value is -3.08. The third kappa shape index (κ3) is 5.39. The highest BCUT2D eigenvalue weighted by atomic mass is 35.5. The van der Waals surface area contributed by atoms with Gasteiger partial charge in [-0.25, -0.2) is 0 Å². The predicted molar refractivity (Wildman–Crippen MR) is 130 cm³/mol. The number of carbonyl (C=O) groups excluding carboxylic acids is 1. The van der Waals surface area contributed by atoms with Gasteiger partial charge in [0.15, 0.2) is 0 Å². The second kappa shape index (κ2) is 10.5. The van der Waals surface area contributed by atoms with Crippen LogP contribution in [-0.4, -0.2) is 35.6 Å². The van der Waals surface area contributed by atoms with E-state index in [0.29, 0.717) is 31.8 Å². The lowest BCUT2D eigenvalue weighted by atomic mass is 10.1. The molecule has 1 amide bonds. The van der Waals surface area contributed by atoms with Gasteiger partial charge in [0.2, 0.25) is 0 Å². The first-order valence-corrected chi connectivity index (χ1v) is 11.2. The molecule has 4 aromatic rings. The van der Waals surface area contributed by atoms with E-state index in [9.17, 15) is 4.79 Å². The lowest BCUT2D eigenvalue weighted by Gasteiger charge is -2.24. The molecule has 0 aliphatic heterocycles. The number of benzene rings is 3. The maximum Gasteiger partial charge on any atom is 0.254 e. The summed E-state index contributed by atoms with van der Waals surface area (Å²) >= 11 is 6.16. The number of carbonyl (C=O) groups is 1. The van der Waals surface area contributed by atoms with Crippen molar-refractivity contribution in [3.05, 3.63) is 107 Å². The van der Waals surface area contributed by atoms with Crippen molar-refractivity contribution >= 4 is 28.3 Å². The number of hydrogen-bond donors (Lipinski definition) is 0. The number of nitrogens with zero attached hydrogens (tertiary/aromatic N) is 2. The van der Waals surface area contributed by atoms with Crippen LogP contribution >= 0.6 is 11.6 Å². The van der Waals surface area contributed by atoms with Crippen molar-refractivity contribution in [2.24, 2.45) is 0 Å². The fraction of sp³-hybridized carbons (Fsp3) is 0.222. The van der Waals surface area contributed by atoms with E-state index < -0.39 is 0 Å². The van der Waals surface area contributed by atoms with Crippen molar-refractivity contribution in [2.45, 2.75) is 19.5 Å². The van der Waals surface area contributed by atoms with Gasteiger partial charge in [0.05, 0.1) is 6.54 Å². The minimum atomic E-state index is 0.0300. The molecule has 0 atom stereocenters. The maximum absolute atomic E-state index is 13.5. The number of halogens is 1. The van der Waals surface area contributed by atoms with Gasteiger partial charge in [0, 0.05) is 49.3 Å². The van der Waals surface area contributed by atoms with E-state index in [0.717, 1.165) is 33.5 Å². The topological polar surface area (TPSA) is 34.5 Å². The molecule has 0 aliphatic carbocycles. The van der Waals surface area contributed by atoms with Crippen LogP contribution in [0.2, 0.25) is 5.02 Å². The van der Waals surface area contributed by atoms with Gasteiger partial charge in [-0.2, -0.15) is 0 Å². The molecule has 4 nitrogen and oxygen atoms in total. The molecular weight excluding hydrogens is 420 g/mol. The molecule has 0 bridgehead atoms. The molecule has 0 saturated heterocycles. The number of amides is 1. The molecule has 0 fully saturated rings. The molecule has 32 heavy (non-hydrogen) atoms. The Morgan fingerprint density at radius 1 is 0.969 bits per heavy atom. The molecule has 3 aromatic carbocycles. The molecule has 1 heterocycles. The summed E-state index contributed by atoms with van der Waals surface area (Å²) < 4.78 is 7.40. The molecule has 164 valence electrons. The normalized spacial score (nSPS) is 11.1. The van der Waals surface area contributed by atoms with Crippen LogP contribution in [0.3, 0.4) is 0 Å². The van der Waals surface area contributed by atoms with E-state index in [2.05, 4.69) is 22.8 Å². The van der Waals surface area contributed by atoms with Crippen LogP contribution in [0.15, 0.2) is 85.1 Å². The summed E-state index contributed by atoms with van der Waals surface area (Å²) in [5.74, 6) is 0.0300. The molecule has 5 heteroatoms. The first kappa shape index (κ1) is 22.1. The Morgan fingerprint density at radius 3 is 2.62 bits per heavy atom. The largest absolute Gasteiger partial charge is 0.385 e. The Kier molecular flexibility index (Phi) is 7.25. The summed E-state index contributed by atoms with van der Waals surface area (Å²) in [6, 6.07) is 26.0.